The second-order valence-electron chi connectivity index (χ2n) is 3.14. The lowest BCUT2D eigenvalue weighted by Crippen LogP contribution is -1.98. The molecule has 90 valence electrons. The zero-order chi connectivity index (χ0) is 12.3. The molecule has 0 aliphatic heterocycles. The fourth-order valence-electron chi connectivity index (χ4n) is 1.44. The van der Waals surface area contributed by atoms with Gasteiger partial charge in [0.25, 0.3) is 5.88 Å². The fraction of sp³-hybridized carbons (Fsp3) is 0.273. The number of nitrogens with zero attached hydrogens (tertiary/aromatic N) is 2. The first kappa shape index (κ1) is 11.7. The van der Waals surface area contributed by atoms with Crippen LogP contribution in [0.2, 0.25) is 0 Å². The highest BCUT2D eigenvalue weighted by molar-refractivity contribution is 7.03. The van der Waals surface area contributed by atoms with Crippen LogP contribution in [0, 0.1) is 0 Å². The molecule has 0 spiro atoms. The van der Waals surface area contributed by atoms with Crippen molar-refractivity contribution in [1.82, 2.24) is 9.36 Å². The predicted molar refractivity (Wildman–Crippen MR) is 65.0 cm³/mol. The van der Waals surface area contributed by atoms with E-state index in [9.17, 15) is 0 Å². The molecule has 2 heterocycles. The summed E-state index contributed by atoms with van der Waals surface area (Å²) >= 11 is 1.37. The van der Waals surface area contributed by atoms with Crippen LogP contribution in [-0.4, -0.2) is 30.7 Å². The number of hydrogen-bond donors (Lipinski definition) is 0. The van der Waals surface area contributed by atoms with E-state index in [0.717, 1.165) is 5.69 Å². The monoisotopic (exact) mass is 252 g/mol. The van der Waals surface area contributed by atoms with Gasteiger partial charge >= 0.3 is 0 Å². The van der Waals surface area contributed by atoms with E-state index in [4.69, 9.17) is 14.2 Å². The summed E-state index contributed by atoms with van der Waals surface area (Å²) < 4.78 is 19.8. The zero-order valence-electron chi connectivity index (χ0n) is 9.76. The van der Waals surface area contributed by atoms with Crippen LogP contribution < -0.4 is 14.2 Å². The van der Waals surface area contributed by atoms with Crippen LogP contribution >= 0.6 is 11.5 Å². The molecule has 0 fully saturated rings. The zero-order valence-corrected chi connectivity index (χ0v) is 10.6. The number of ether oxygens (including phenoxy) is 3. The van der Waals surface area contributed by atoms with Gasteiger partial charge in [-0.25, -0.2) is 4.98 Å². The van der Waals surface area contributed by atoms with Gasteiger partial charge in [0.2, 0.25) is 5.75 Å². The third-order valence-corrected chi connectivity index (χ3v) is 2.79. The van der Waals surface area contributed by atoms with Crippen molar-refractivity contribution in [3.63, 3.8) is 0 Å². The third kappa shape index (κ3) is 2.16. The summed E-state index contributed by atoms with van der Waals surface area (Å²) in [5, 5.41) is 1.89. The molecule has 17 heavy (non-hydrogen) atoms. The summed E-state index contributed by atoms with van der Waals surface area (Å²) in [4.78, 5) is 4.33. The maximum Gasteiger partial charge on any atom is 0.261 e. The Kier molecular flexibility index (Phi) is 3.43. The topological polar surface area (TPSA) is 53.5 Å². The SMILES string of the molecule is COc1cc(-c2ccsn2)nc(OC)c1OC. The quantitative estimate of drug-likeness (QED) is 0.835. The second-order valence-corrected chi connectivity index (χ2v) is 3.80. The van der Waals surface area contributed by atoms with Crippen LogP contribution in [0.1, 0.15) is 0 Å². The van der Waals surface area contributed by atoms with Crippen molar-refractivity contribution in [2.45, 2.75) is 0 Å². The molecule has 2 aromatic rings. The van der Waals surface area contributed by atoms with Crippen LogP contribution in [0.4, 0.5) is 0 Å². The van der Waals surface area contributed by atoms with Gasteiger partial charge in [-0.1, -0.05) is 0 Å². The smallest absolute Gasteiger partial charge is 0.261 e. The average Bonchev–Trinajstić information content (AvgIpc) is 2.90. The first-order valence-electron chi connectivity index (χ1n) is 4.88. The van der Waals surface area contributed by atoms with Crippen LogP contribution in [0.15, 0.2) is 17.5 Å². The number of rotatable bonds is 4. The first-order chi connectivity index (χ1) is 8.30. The molecule has 0 atom stereocenters. The highest BCUT2D eigenvalue weighted by Gasteiger charge is 2.16. The van der Waals surface area contributed by atoms with E-state index < -0.39 is 0 Å². The first-order valence-corrected chi connectivity index (χ1v) is 5.71. The van der Waals surface area contributed by atoms with Gasteiger partial charge in [0, 0.05) is 11.4 Å². The molecular weight excluding hydrogens is 240 g/mol. The van der Waals surface area contributed by atoms with E-state index in [1.54, 1.807) is 20.3 Å². The molecule has 0 aromatic carbocycles. The van der Waals surface area contributed by atoms with E-state index in [1.165, 1.54) is 18.6 Å². The van der Waals surface area contributed by atoms with Gasteiger partial charge < -0.3 is 14.2 Å². The minimum atomic E-state index is 0.384. The Morgan fingerprint density at radius 1 is 1.06 bits per heavy atom. The summed E-state index contributed by atoms with van der Waals surface area (Å²) in [6.45, 7) is 0. The molecule has 0 bridgehead atoms. The van der Waals surface area contributed by atoms with Crippen LogP contribution in [0.5, 0.6) is 17.4 Å². The summed E-state index contributed by atoms with van der Waals surface area (Å²) in [6.07, 6.45) is 0. The van der Waals surface area contributed by atoms with Crippen molar-refractivity contribution < 1.29 is 14.2 Å². The largest absolute Gasteiger partial charge is 0.493 e. The maximum absolute atomic E-state index is 5.25. The third-order valence-electron chi connectivity index (χ3n) is 2.23. The molecule has 0 aliphatic rings. The Balaban J connectivity index is 2.56. The van der Waals surface area contributed by atoms with Crippen LogP contribution in [0.25, 0.3) is 11.4 Å². The van der Waals surface area contributed by atoms with E-state index in [0.29, 0.717) is 23.1 Å². The van der Waals surface area contributed by atoms with Crippen LogP contribution in [0.3, 0.4) is 0 Å². The predicted octanol–water partition coefficient (Wildman–Crippen LogP) is 2.23. The second kappa shape index (κ2) is 5.01. The van der Waals surface area contributed by atoms with Crippen molar-refractivity contribution in [2.24, 2.45) is 0 Å². The van der Waals surface area contributed by atoms with Gasteiger partial charge in [-0.3, -0.25) is 0 Å². The number of pyridine rings is 1. The van der Waals surface area contributed by atoms with Gasteiger partial charge in [-0.2, -0.15) is 4.37 Å². The van der Waals surface area contributed by atoms with Crippen molar-refractivity contribution in [1.29, 1.82) is 0 Å². The standard InChI is InChI=1S/C11H12N2O3S/c1-14-9-6-8(7-4-5-17-13-7)12-11(16-3)10(9)15-2/h4-6H,1-3H3. The van der Waals surface area contributed by atoms with E-state index >= 15 is 0 Å². The van der Waals surface area contributed by atoms with E-state index in [1.807, 2.05) is 11.4 Å². The van der Waals surface area contributed by atoms with Gasteiger partial charge in [-0.15, -0.1) is 0 Å². The number of hydrogen-bond acceptors (Lipinski definition) is 6. The van der Waals surface area contributed by atoms with Gasteiger partial charge in [-0.05, 0) is 17.6 Å². The van der Waals surface area contributed by atoms with Crippen molar-refractivity contribution >= 4 is 11.5 Å². The van der Waals surface area contributed by atoms with Gasteiger partial charge in [0.1, 0.15) is 5.69 Å². The van der Waals surface area contributed by atoms with E-state index in [2.05, 4.69) is 9.36 Å². The average molecular weight is 252 g/mol. The Labute approximate surface area is 103 Å². The van der Waals surface area contributed by atoms with E-state index in [-0.39, 0.29) is 0 Å². The molecule has 2 rings (SSSR count). The number of methoxy groups -OCH3 is 3. The lowest BCUT2D eigenvalue weighted by Gasteiger charge is -2.12. The van der Waals surface area contributed by atoms with Crippen molar-refractivity contribution in [3.8, 4) is 28.8 Å². The van der Waals surface area contributed by atoms with Crippen molar-refractivity contribution in [2.75, 3.05) is 21.3 Å². The van der Waals surface area contributed by atoms with Gasteiger partial charge in [0.15, 0.2) is 5.75 Å². The molecule has 0 saturated carbocycles. The maximum atomic E-state index is 5.25. The highest BCUT2D eigenvalue weighted by Crippen LogP contribution is 2.38. The Bertz CT molecular complexity index is 474. The Morgan fingerprint density at radius 2 is 1.88 bits per heavy atom. The van der Waals surface area contributed by atoms with Crippen LogP contribution in [-0.2, 0) is 0 Å². The molecule has 0 saturated heterocycles. The molecule has 0 amide bonds. The molecule has 0 N–H and O–H groups in total. The normalized spacial score (nSPS) is 10.1. The summed E-state index contributed by atoms with van der Waals surface area (Å²) in [6, 6.07) is 3.66. The molecule has 0 aliphatic carbocycles. The molecule has 0 unspecified atom stereocenters. The molecule has 5 nitrogen and oxygen atoms in total. The lowest BCUT2D eigenvalue weighted by atomic mass is 10.2. The van der Waals surface area contributed by atoms with Gasteiger partial charge in [0.05, 0.1) is 27.0 Å². The van der Waals surface area contributed by atoms with Crippen molar-refractivity contribution in [3.05, 3.63) is 17.5 Å². The summed E-state index contributed by atoms with van der Waals surface area (Å²) in [5.41, 5.74) is 1.48. The molecule has 0 radical (unpaired) electrons. The highest BCUT2D eigenvalue weighted by atomic mass is 32.1. The molecule has 6 heteroatoms. The lowest BCUT2D eigenvalue weighted by molar-refractivity contribution is 0.316. The molecular formula is C11H12N2O3S. The number of aromatic nitrogens is 2. The minimum Gasteiger partial charge on any atom is -0.493 e. The summed E-state index contributed by atoms with van der Waals surface area (Å²) in [7, 11) is 4.65. The Morgan fingerprint density at radius 3 is 2.41 bits per heavy atom. The fourth-order valence-corrected chi connectivity index (χ4v) is 1.96. The molecule has 2 aromatic heterocycles. The summed E-state index contributed by atoms with van der Waals surface area (Å²) in [5.74, 6) is 1.44. The minimum absolute atomic E-state index is 0.384. The Hall–Kier alpha value is -1.82.